The Balaban J connectivity index is 2.14. The highest BCUT2D eigenvalue weighted by atomic mass is 127. The van der Waals surface area contributed by atoms with E-state index < -0.39 is 0 Å². The molecule has 62 valence electrons. The van der Waals surface area contributed by atoms with Gasteiger partial charge in [0.2, 0.25) is 0 Å². The van der Waals surface area contributed by atoms with E-state index >= 15 is 0 Å². The molecule has 0 radical (unpaired) electrons. The number of hydrogen-bond donors (Lipinski definition) is 0. The highest BCUT2D eigenvalue weighted by Gasteiger charge is 2.00. The van der Waals surface area contributed by atoms with Gasteiger partial charge in [-0.25, -0.2) is 0 Å². The first-order chi connectivity index (χ1) is 5.84. The molecule has 0 aliphatic carbocycles. The molecule has 0 spiro atoms. The molecular weight excluding hydrogens is 283 g/mol. The summed E-state index contributed by atoms with van der Waals surface area (Å²) in [6.07, 6.45) is 2.81. The fraction of sp³-hybridized carbons (Fsp3) is 0.111. The van der Waals surface area contributed by atoms with E-state index in [0.29, 0.717) is 0 Å². The molecule has 0 atom stereocenters. The van der Waals surface area contributed by atoms with Crippen molar-refractivity contribution in [2.75, 3.05) is 0 Å². The zero-order chi connectivity index (χ0) is 8.39. The van der Waals surface area contributed by atoms with E-state index in [1.54, 1.807) is 11.3 Å². The molecule has 2 aromatic rings. The number of halogens is 1. The van der Waals surface area contributed by atoms with Gasteiger partial charge < -0.3 is 4.42 Å². The Bertz CT molecular complexity index is 350. The van der Waals surface area contributed by atoms with Gasteiger partial charge >= 0.3 is 0 Å². The van der Waals surface area contributed by atoms with Crippen LogP contribution in [0.3, 0.4) is 0 Å². The molecule has 0 aliphatic rings. The molecule has 0 aliphatic heterocycles. The zero-order valence-electron chi connectivity index (χ0n) is 6.29. The van der Waals surface area contributed by atoms with Crippen LogP contribution < -0.4 is 0 Å². The van der Waals surface area contributed by atoms with Gasteiger partial charge in [-0.2, -0.15) is 0 Å². The highest BCUT2D eigenvalue weighted by molar-refractivity contribution is 14.1. The first-order valence-electron chi connectivity index (χ1n) is 3.60. The summed E-state index contributed by atoms with van der Waals surface area (Å²) in [5.74, 6) is 0. The van der Waals surface area contributed by atoms with Crippen LogP contribution in [-0.4, -0.2) is 0 Å². The van der Waals surface area contributed by atoms with Crippen molar-refractivity contribution in [1.82, 2.24) is 0 Å². The fourth-order valence-corrected chi connectivity index (χ4v) is 2.32. The molecule has 12 heavy (non-hydrogen) atoms. The second-order valence-corrected chi connectivity index (χ2v) is 4.61. The van der Waals surface area contributed by atoms with Gasteiger partial charge in [-0.3, -0.25) is 0 Å². The van der Waals surface area contributed by atoms with Crippen molar-refractivity contribution < 1.29 is 4.42 Å². The summed E-state index contributed by atoms with van der Waals surface area (Å²) in [4.78, 5) is 1.38. The van der Waals surface area contributed by atoms with Crippen molar-refractivity contribution in [2.45, 2.75) is 6.42 Å². The van der Waals surface area contributed by atoms with Gasteiger partial charge in [0.15, 0.2) is 3.77 Å². The van der Waals surface area contributed by atoms with Gasteiger partial charge in [-0.1, -0.05) is 6.07 Å². The molecule has 0 bridgehead atoms. The SMILES string of the molecule is Ic1cc(Cc2cccs2)co1. The first kappa shape index (κ1) is 8.31. The molecule has 2 heterocycles. The van der Waals surface area contributed by atoms with Crippen LogP contribution in [0.4, 0.5) is 0 Å². The molecule has 0 saturated heterocycles. The van der Waals surface area contributed by atoms with Gasteiger partial charge in [0, 0.05) is 11.3 Å². The Hall–Kier alpha value is -0.290. The van der Waals surface area contributed by atoms with Gasteiger partial charge in [-0.05, 0) is 45.7 Å². The maximum Gasteiger partial charge on any atom is 0.163 e. The lowest BCUT2D eigenvalue weighted by atomic mass is 10.2. The number of furan rings is 1. The Morgan fingerprint density at radius 1 is 1.50 bits per heavy atom. The largest absolute Gasteiger partial charge is 0.458 e. The van der Waals surface area contributed by atoms with E-state index in [0.717, 1.165) is 10.2 Å². The third-order valence-electron chi connectivity index (χ3n) is 1.58. The first-order valence-corrected chi connectivity index (χ1v) is 5.56. The second kappa shape index (κ2) is 3.62. The van der Waals surface area contributed by atoms with Crippen LogP contribution in [0.1, 0.15) is 10.4 Å². The molecular formula is C9H7IOS. The minimum atomic E-state index is 0.958. The Kier molecular flexibility index (Phi) is 2.51. The van der Waals surface area contributed by atoms with Gasteiger partial charge in [0.1, 0.15) is 0 Å². The summed E-state index contributed by atoms with van der Waals surface area (Å²) in [7, 11) is 0. The summed E-state index contributed by atoms with van der Waals surface area (Å²) in [6, 6.07) is 6.29. The molecule has 2 rings (SSSR count). The van der Waals surface area contributed by atoms with Gasteiger partial charge in [-0.15, -0.1) is 11.3 Å². The molecule has 3 heteroatoms. The number of thiophene rings is 1. The third-order valence-corrected chi connectivity index (χ3v) is 3.02. The molecule has 0 unspecified atom stereocenters. The minimum absolute atomic E-state index is 0.958. The maximum atomic E-state index is 5.20. The fourth-order valence-electron chi connectivity index (χ4n) is 1.05. The lowest BCUT2D eigenvalue weighted by Crippen LogP contribution is -1.78. The highest BCUT2D eigenvalue weighted by Crippen LogP contribution is 2.17. The van der Waals surface area contributed by atoms with Crippen molar-refractivity contribution in [3.8, 4) is 0 Å². The van der Waals surface area contributed by atoms with E-state index in [9.17, 15) is 0 Å². The topological polar surface area (TPSA) is 13.1 Å². The van der Waals surface area contributed by atoms with Gasteiger partial charge in [0.05, 0.1) is 6.26 Å². The van der Waals surface area contributed by atoms with Crippen LogP contribution >= 0.6 is 33.9 Å². The van der Waals surface area contributed by atoms with E-state index in [2.05, 4.69) is 46.2 Å². The number of hydrogen-bond acceptors (Lipinski definition) is 2. The minimum Gasteiger partial charge on any atom is -0.458 e. The van der Waals surface area contributed by atoms with E-state index in [-0.39, 0.29) is 0 Å². The zero-order valence-corrected chi connectivity index (χ0v) is 9.26. The number of rotatable bonds is 2. The Labute approximate surface area is 88.5 Å². The molecule has 2 aromatic heterocycles. The van der Waals surface area contributed by atoms with Gasteiger partial charge in [0.25, 0.3) is 0 Å². The summed E-state index contributed by atoms with van der Waals surface area (Å²) < 4.78 is 6.16. The van der Waals surface area contributed by atoms with Crippen LogP contribution in [0.25, 0.3) is 0 Å². The monoisotopic (exact) mass is 290 g/mol. The quantitative estimate of drug-likeness (QED) is 0.771. The predicted octanol–water partition coefficient (Wildman–Crippen LogP) is 3.54. The molecule has 0 N–H and O–H groups in total. The van der Waals surface area contributed by atoms with Crippen molar-refractivity contribution >= 4 is 33.9 Å². The summed E-state index contributed by atoms with van der Waals surface area (Å²) >= 11 is 3.96. The Morgan fingerprint density at radius 3 is 3.00 bits per heavy atom. The van der Waals surface area contributed by atoms with E-state index in [1.807, 2.05) is 6.26 Å². The van der Waals surface area contributed by atoms with Crippen LogP contribution in [0.5, 0.6) is 0 Å². The van der Waals surface area contributed by atoms with Crippen LogP contribution in [-0.2, 0) is 6.42 Å². The normalized spacial score (nSPS) is 10.4. The summed E-state index contributed by atoms with van der Waals surface area (Å²) in [5.41, 5.74) is 1.25. The van der Waals surface area contributed by atoms with Crippen LogP contribution in [0.15, 0.2) is 34.3 Å². The third kappa shape index (κ3) is 1.90. The molecule has 0 saturated carbocycles. The predicted molar refractivity (Wildman–Crippen MR) is 58.6 cm³/mol. The summed E-state index contributed by atoms with van der Waals surface area (Å²) in [6.45, 7) is 0. The van der Waals surface area contributed by atoms with Crippen LogP contribution in [0, 0.1) is 3.77 Å². The van der Waals surface area contributed by atoms with Crippen LogP contribution in [0.2, 0.25) is 0 Å². The summed E-state index contributed by atoms with van der Waals surface area (Å²) in [5, 5.41) is 2.10. The van der Waals surface area contributed by atoms with Crippen molar-refractivity contribution in [1.29, 1.82) is 0 Å². The standard InChI is InChI=1S/C9H7IOS/c10-9-5-7(6-11-9)4-8-2-1-3-12-8/h1-3,5-6H,4H2. The average molecular weight is 290 g/mol. The molecule has 0 fully saturated rings. The second-order valence-electron chi connectivity index (χ2n) is 2.52. The smallest absolute Gasteiger partial charge is 0.163 e. The molecule has 0 aromatic carbocycles. The van der Waals surface area contributed by atoms with Crippen molar-refractivity contribution in [3.05, 3.63) is 44.0 Å². The lowest BCUT2D eigenvalue weighted by Gasteiger charge is -1.89. The maximum absolute atomic E-state index is 5.20. The van der Waals surface area contributed by atoms with E-state index in [1.165, 1.54) is 10.4 Å². The Morgan fingerprint density at radius 2 is 2.42 bits per heavy atom. The van der Waals surface area contributed by atoms with E-state index in [4.69, 9.17) is 4.42 Å². The molecule has 1 nitrogen and oxygen atoms in total. The van der Waals surface area contributed by atoms with Crippen molar-refractivity contribution in [3.63, 3.8) is 0 Å². The average Bonchev–Trinajstić information content (AvgIpc) is 2.63. The lowest BCUT2D eigenvalue weighted by molar-refractivity contribution is 0.536. The van der Waals surface area contributed by atoms with Crippen molar-refractivity contribution in [2.24, 2.45) is 0 Å². The molecule has 0 amide bonds.